The normalized spacial score (nSPS) is 10.2. The molecule has 0 aliphatic carbocycles. The summed E-state index contributed by atoms with van der Waals surface area (Å²) >= 11 is 0. The van der Waals surface area contributed by atoms with Gasteiger partial charge in [0.2, 0.25) is 0 Å². The summed E-state index contributed by atoms with van der Waals surface area (Å²) in [5.74, 6) is -0.258. The standard InChI is InChI=1S/C12H12O3/c1-15-12(14)9-11-6-4-10(5-7-11)3-2-8-13/h2-8H,9H2,1H3. The summed E-state index contributed by atoms with van der Waals surface area (Å²) < 4.78 is 4.55. The van der Waals surface area contributed by atoms with Gasteiger partial charge in [-0.2, -0.15) is 0 Å². The summed E-state index contributed by atoms with van der Waals surface area (Å²) in [6, 6.07) is 7.36. The Hall–Kier alpha value is -1.90. The SMILES string of the molecule is COC(=O)Cc1ccc(C=CC=O)cc1. The van der Waals surface area contributed by atoms with E-state index in [9.17, 15) is 9.59 Å². The second-order valence-electron chi connectivity index (χ2n) is 2.99. The average Bonchev–Trinajstić information content (AvgIpc) is 2.28. The third-order valence-corrected chi connectivity index (χ3v) is 1.92. The van der Waals surface area contributed by atoms with E-state index in [2.05, 4.69) is 4.74 Å². The third kappa shape index (κ3) is 3.77. The Morgan fingerprint density at radius 2 is 2.00 bits per heavy atom. The lowest BCUT2D eigenvalue weighted by molar-refractivity contribution is -0.139. The van der Waals surface area contributed by atoms with Gasteiger partial charge in [-0.05, 0) is 17.2 Å². The van der Waals surface area contributed by atoms with E-state index in [4.69, 9.17) is 0 Å². The maximum atomic E-state index is 11.0. The van der Waals surface area contributed by atoms with Gasteiger partial charge in [0.15, 0.2) is 0 Å². The molecule has 1 aromatic carbocycles. The van der Waals surface area contributed by atoms with Gasteiger partial charge in [-0.25, -0.2) is 0 Å². The largest absolute Gasteiger partial charge is 0.469 e. The Morgan fingerprint density at radius 1 is 1.33 bits per heavy atom. The number of methoxy groups -OCH3 is 1. The Kier molecular flexibility index (Phi) is 4.29. The predicted octanol–water partition coefficient (Wildman–Crippen LogP) is 1.61. The highest BCUT2D eigenvalue weighted by molar-refractivity contribution is 5.74. The first-order valence-electron chi connectivity index (χ1n) is 4.54. The van der Waals surface area contributed by atoms with Crippen LogP contribution in [0.1, 0.15) is 11.1 Å². The molecule has 0 amide bonds. The van der Waals surface area contributed by atoms with Crippen LogP contribution in [0.2, 0.25) is 0 Å². The highest BCUT2D eigenvalue weighted by atomic mass is 16.5. The first-order chi connectivity index (χ1) is 7.26. The topological polar surface area (TPSA) is 43.4 Å². The summed E-state index contributed by atoms with van der Waals surface area (Å²) in [5.41, 5.74) is 1.82. The molecule has 0 aliphatic heterocycles. The van der Waals surface area contributed by atoms with Crippen LogP contribution in [0.4, 0.5) is 0 Å². The fourth-order valence-electron chi connectivity index (χ4n) is 1.14. The smallest absolute Gasteiger partial charge is 0.309 e. The Bertz CT molecular complexity index is 363. The molecule has 0 saturated carbocycles. The van der Waals surface area contributed by atoms with Crippen molar-refractivity contribution in [1.29, 1.82) is 0 Å². The number of carbonyl (C=O) groups excluding carboxylic acids is 2. The second kappa shape index (κ2) is 5.75. The molecular weight excluding hydrogens is 192 g/mol. The molecule has 0 fully saturated rings. The van der Waals surface area contributed by atoms with Crippen LogP contribution in [0.25, 0.3) is 6.08 Å². The maximum absolute atomic E-state index is 11.0. The number of rotatable bonds is 4. The zero-order chi connectivity index (χ0) is 11.1. The quantitative estimate of drug-likeness (QED) is 0.425. The van der Waals surface area contributed by atoms with E-state index in [0.717, 1.165) is 17.4 Å². The highest BCUT2D eigenvalue weighted by Gasteiger charge is 2.01. The van der Waals surface area contributed by atoms with Gasteiger partial charge in [-0.3, -0.25) is 9.59 Å². The van der Waals surface area contributed by atoms with Crippen LogP contribution in [0.15, 0.2) is 30.3 Å². The maximum Gasteiger partial charge on any atom is 0.309 e. The summed E-state index contributed by atoms with van der Waals surface area (Å²) in [5, 5.41) is 0. The molecule has 1 rings (SSSR count). The third-order valence-electron chi connectivity index (χ3n) is 1.92. The lowest BCUT2D eigenvalue weighted by Gasteiger charge is -2.00. The van der Waals surface area contributed by atoms with Gasteiger partial charge >= 0.3 is 5.97 Å². The molecule has 0 saturated heterocycles. The number of ether oxygens (including phenoxy) is 1. The van der Waals surface area contributed by atoms with Crippen molar-refractivity contribution in [2.24, 2.45) is 0 Å². The fraction of sp³-hybridized carbons (Fsp3) is 0.167. The van der Waals surface area contributed by atoms with Crippen molar-refractivity contribution in [3.05, 3.63) is 41.5 Å². The molecule has 0 aliphatic rings. The summed E-state index contributed by atoms with van der Waals surface area (Å²) in [6.45, 7) is 0. The fourth-order valence-corrected chi connectivity index (χ4v) is 1.14. The zero-order valence-corrected chi connectivity index (χ0v) is 8.47. The van der Waals surface area contributed by atoms with Gasteiger partial charge in [0.05, 0.1) is 13.5 Å². The number of hydrogen-bond donors (Lipinski definition) is 0. The molecule has 78 valence electrons. The van der Waals surface area contributed by atoms with E-state index in [1.807, 2.05) is 24.3 Å². The van der Waals surface area contributed by atoms with E-state index >= 15 is 0 Å². The van der Waals surface area contributed by atoms with E-state index in [1.165, 1.54) is 13.2 Å². The molecule has 0 spiro atoms. The van der Waals surface area contributed by atoms with Crippen LogP contribution in [0, 0.1) is 0 Å². The lowest BCUT2D eigenvalue weighted by Crippen LogP contribution is -2.03. The van der Waals surface area contributed by atoms with Crippen molar-refractivity contribution in [2.45, 2.75) is 6.42 Å². The Morgan fingerprint density at radius 3 is 2.53 bits per heavy atom. The van der Waals surface area contributed by atoms with Gasteiger partial charge in [-0.15, -0.1) is 0 Å². The zero-order valence-electron chi connectivity index (χ0n) is 8.47. The number of aldehydes is 1. The van der Waals surface area contributed by atoms with Crippen molar-refractivity contribution in [3.63, 3.8) is 0 Å². The predicted molar refractivity (Wildman–Crippen MR) is 57.3 cm³/mol. The summed E-state index contributed by atoms with van der Waals surface area (Å²) in [4.78, 5) is 21.0. The molecule has 0 atom stereocenters. The molecule has 0 radical (unpaired) electrons. The molecule has 0 aromatic heterocycles. The molecular formula is C12H12O3. The molecule has 0 unspecified atom stereocenters. The van der Waals surface area contributed by atoms with E-state index in [0.29, 0.717) is 0 Å². The number of esters is 1. The molecule has 15 heavy (non-hydrogen) atoms. The lowest BCUT2D eigenvalue weighted by atomic mass is 10.1. The van der Waals surface area contributed by atoms with Crippen LogP contribution >= 0.6 is 0 Å². The summed E-state index contributed by atoms with van der Waals surface area (Å²) in [7, 11) is 1.36. The van der Waals surface area contributed by atoms with Crippen molar-refractivity contribution in [1.82, 2.24) is 0 Å². The van der Waals surface area contributed by atoms with Gasteiger partial charge in [0, 0.05) is 0 Å². The number of carbonyl (C=O) groups is 2. The van der Waals surface area contributed by atoms with Crippen molar-refractivity contribution in [3.8, 4) is 0 Å². The van der Waals surface area contributed by atoms with E-state index in [-0.39, 0.29) is 12.4 Å². The minimum atomic E-state index is -0.258. The van der Waals surface area contributed by atoms with E-state index < -0.39 is 0 Å². The average molecular weight is 204 g/mol. The molecule has 0 bridgehead atoms. The molecule has 3 heteroatoms. The van der Waals surface area contributed by atoms with Gasteiger partial charge in [0.25, 0.3) is 0 Å². The van der Waals surface area contributed by atoms with Crippen LogP contribution in [-0.2, 0) is 20.7 Å². The van der Waals surface area contributed by atoms with E-state index in [1.54, 1.807) is 6.08 Å². The Balaban J connectivity index is 2.67. The van der Waals surface area contributed by atoms with Gasteiger partial charge in [-0.1, -0.05) is 30.3 Å². The second-order valence-corrected chi connectivity index (χ2v) is 2.99. The first kappa shape index (κ1) is 11.2. The van der Waals surface area contributed by atoms with Crippen LogP contribution in [0.3, 0.4) is 0 Å². The molecule has 1 aromatic rings. The minimum Gasteiger partial charge on any atom is -0.469 e. The molecule has 0 heterocycles. The highest BCUT2D eigenvalue weighted by Crippen LogP contribution is 2.07. The number of allylic oxidation sites excluding steroid dienone is 1. The number of hydrogen-bond acceptors (Lipinski definition) is 3. The van der Waals surface area contributed by atoms with Gasteiger partial charge in [0.1, 0.15) is 6.29 Å². The van der Waals surface area contributed by atoms with Crippen molar-refractivity contribution >= 4 is 18.3 Å². The van der Waals surface area contributed by atoms with Gasteiger partial charge < -0.3 is 4.74 Å². The first-order valence-corrected chi connectivity index (χ1v) is 4.54. The molecule has 0 N–H and O–H groups in total. The van der Waals surface area contributed by atoms with Crippen LogP contribution < -0.4 is 0 Å². The van der Waals surface area contributed by atoms with Crippen molar-refractivity contribution in [2.75, 3.05) is 7.11 Å². The van der Waals surface area contributed by atoms with Crippen molar-refractivity contribution < 1.29 is 14.3 Å². The molecule has 3 nitrogen and oxygen atoms in total. The number of benzene rings is 1. The van der Waals surface area contributed by atoms with Crippen LogP contribution in [0.5, 0.6) is 0 Å². The summed E-state index contributed by atoms with van der Waals surface area (Å²) in [6.07, 6.45) is 4.13. The minimum absolute atomic E-state index is 0.258. The Labute approximate surface area is 88.4 Å². The monoisotopic (exact) mass is 204 g/mol. The van der Waals surface area contributed by atoms with Crippen LogP contribution in [-0.4, -0.2) is 19.4 Å².